The molecule has 0 bridgehead atoms. The van der Waals surface area contributed by atoms with Crippen LogP contribution in [0.2, 0.25) is 5.02 Å². The van der Waals surface area contributed by atoms with Crippen molar-refractivity contribution < 1.29 is 23.1 Å². The Bertz CT molecular complexity index is 602. The lowest BCUT2D eigenvalue weighted by Crippen LogP contribution is -2.37. The maximum absolute atomic E-state index is 12.4. The van der Waals surface area contributed by atoms with Crippen molar-refractivity contribution in [3.05, 3.63) is 28.8 Å². The van der Waals surface area contributed by atoms with Crippen molar-refractivity contribution in [2.24, 2.45) is 0 Å². The number of carbonyl (C=O) groups is 1. The van der Waals surface area contributed by atoms with E-state index in [-0.39, 0.29) is 22.1 Å². The highest BCUT2D eigenvalue weighted by atomic mass is 35.5. The number of aliphatic hydroxyl groups excluding tert-OH is 1. The summed E-state index contributed by atoms with van der Waals surface area (Å²) in [5.74, 6) is -0.657. The lowest BCUT2D eigenvalue weighted by atomic mass is 10.2. The zero-order chi connectivity index (χ0) is 15.5. The highest BCUT2D eigenvalue weighted by Crippen LogP contribution is 2.26. The van der Waals surface area contributed by atoms with Gasteiger partial charge in [0, 0.05) is 13.1 Å². The van der Waals surface area contributed by atoms with E-state index in [1.54, 1.807) is 6.92 Å². The lowest BCUT2D eigenvalue weighted by molar-refractivity contribution is 0.0600. The van der Waals surface area contributed by atoms with Gasteiger partial charge in [-0.2, -0.15) is 4.31 Å². The fourth-order valence-electron chi connectivity index (χ4n) is 1.45. The molecule has 1 unspecified atom stereocenters. The van der Waals surface area contributed by atoms with Gasteiger partial charge in [0.25, 0.3) is 0 Å². The molecule has 0 fully saturated rings. The zero-order valence-corrected chi connectivity index (χ0v) is 12.9. The van der Waals surface area contributed by atoms with Crippen LogP contribution in [-0.2, 0) is 14.8 Å². The molecule has 1 atom stereocenters. The largest absolute Gasteiger partial charge is 0.465 e. The van der Waals surface area contributed by atoms with Crippen LogP contribution < -0.4 is 0 Å². The summed E-state index contributed by atoms with van der Waals surface area (Å²) >= 11 is 5.90. The minimum atomic E-state index is -3.91. The molecule has 0 amide bonds. The van der Waals surface area contributed by atoms with E-state index in [1.165, 1.54) is 26.3 Å². The summed E-state index contributed by atoms with van der Waals surface area (Å²) in [4.78, 5) is 11.2. The zero-order valence-electron chi connectivity index (χ0n) is 11.3. The van der Waals surface area contributed by atoms with Gasteiger partial charge in [-0.25, -0.2) is 13.2 Å². The number of ether oxygens (including phenoxy) is 1. The summed E-state index contributed by atoms with van der Waals surface area (Å²) in [6.45, 7) is 1.22. The Morgan fingerprint density at radius 2 is 2.10 bits per heavy atom. The lowest BCUT2D eigenvalue weighted by Gasteiger charge is -2.23. The number of hydrogen-bond donors (Lipinski definition) is 1. The molecule has 1 N–H and O–H groups in total. The molecule has 0 aliphatic rings. The predicted molar refractivity (Wildman–Crippen MR) is 74.3 cm³/mol. The third kappa shape index (κ3) is 3.29. The van der Waals surface area contributed by atoms with Gasteiger partial charge in [-0.3, -0.25) is 0 Å². The second-order valence-corrected chi connectivity index (χ2v) is 6.56. The molecular weight excluding hydrogens is 306 g/mol. The minimum Gasteiger partial charge on any atom is -0.465 e. The third-order valence-electron chi connectivity index (χ3n) is 2.89. The maximum Gasteiger partial charge on any atom is 0.337 e. The van der Waals surface area contributed by atoms with Crippen molar-refractivity contribution in [1.82, 2.24) is 4.31 Å². The Labute approximate surface area is 123 Å². The Hall–Kier alpha value is -1.15. The van der Waals surface area contributed by atoms with E-state index in [2.05, 4.69) is 4.74 Å². The van der Waals surface area contributed by atoms with Gasteiger partial charge < -0.3 is 9.84 Å². The number of sulfonamides is 1. The smallest absolute Gasteiger partial charge is 0.337 e. The molecule has 0 heterocycles. The summed E-state index contributed by atoms with van der Waals surface area (Å²) in [7, 11) is -1.38. The van der Waals surface area contributed by atoms with E-state index in [0.717, 1.165) is 10.4 Å². The SMILES string of the molecule is COC(=O)c1ccc(Cl)c(S(=O)(=O)N(C)C(C)CO)c1. The number of rotatable bonds is 5. The van der Waals surface area contributed by atoms with E-state index in [0.29, 0.717) is 0 Å². The number of hydrogen-bond acceptors (Lipinski definition) is 5. The molecule has 0 radical (unpaired) electrons. The quantitative estimate of drug-likeness (QED) is 0.822. The number of benzene rings is 1. The molecule has 0 saturated carbocycles. The molecule has 0 aliphatic heterocycles. The minimum absolute atomic E-state index is 0.00496. The van der Waals surface area contributed by atoms with Crippen LogP contribution in [0.4, 0.5) is 0 Å². The Balaban J connectivity index is 3.34. The van der Waals surface area contributed by atoms with Crippen molar-refractivity contribution in [3.8, 4) is 0 Å². The van der Waals surface area contributed by atoms with Crippen molar-refractivity contribution in [2.45, 2.75) is 17.9 Å². The molecule has 1 aromatic carbocycles. The van der Waals surface area contributed by atoms with Gasteiger partial charge in [0.2, 0.25) is 10.0 Å². The summed E-state index contributed by atoms with van der Waals surface area (Å²) < 4.78 is 30.3. The Morgan fingerprint density at radius 3 is 2.60 bits per heavy atom. The van der Waals surface area contributed by atoms with E-state index >= 15 is 0 Å². The molecule has 1 rings (SSSR count). The standard InChI is InChI=1S/C12H16ClNO5S/c1-8(7-15)14(2)20(17,18)11-6-9(12(16)19-3)4-5-10(11)13/h4-6,8,15H,7H2,1-3H3. The average molecular weight is 322 g/mol. The normalized spacial score (nSPS) is 13.3. The highest BCUT2D eigenvalue weighted by molar-refractivity contribution is 7.89. The van der Waals surface area contributed by atoms with E-state index in [1.807, 2.05) is 0 Å². The molecule has 112 valence electrons. The van der Waals surface area contributed by atoms with Crippen LogP contribution >= 0.6 is 11.6 Å². The first-order valence-corrected chi connectivity index (χ1v) is 7.54. The maximum atomic E-state index is 12.4. The first kappa shape index (κ1) is 16.9. The molecule has 0 saturated heterocycles. The molecule has 0 spiro atoms. The van der Waals surface area contributed by atoms with Gasteiger partial charge in [-0.15, -0.1) is 0 Å². The molecule has 6 nitrogen and oxygen atoms in total. The van der Waals surface area contributed by atoms with Crippen LogP contribution in [0.15, 0.2) is 23.1 Å². The fraction of sp³-hybridized carbons (Fsp3) is 0.417. The van der Waals surface area contributed by atoms with Gasteiger partial charge in [0.15, 0.2) is 0 Å². The van der Waals surface area contributed by atoms with Crippen LogP contribution in [0.25, 0.3) is 0 Å². The number of aliphatic hydroxyl groups is 1. The summed E-state index contributed by atoms with van der Waals surface area (Å²) in [6.07, 6.45) is 0. The fourth-order valence-corrected chi connectivity index (χ4v) is 3.30. The van der Waals surface area contributed by atoms with Gasteiger partial charge in [-0.05, 0) is 25.1 Å². The van der Waals surface area contributed by atoms with E-state index < -0.39 is 22.0 Å². The van der Waals surface area contributed by atoms with Crippen molar-refractivity contribution >= 4 is 27.6 Å². The van der Waals surface area contributed by atoms with Crippen molar-refractivity contribution in [3.63, 3.8) is 0 Å². The van der Waals surface area contributed by atoms with Crippen LogP contribution in [0.5, 0.6) is 0 Å². The van der Waals surface area contributed by atoms with E-state index in [9.17, 15) is 13.2 Å². The first-order valence-electron chi connectivity index (χ1n) is 5.72. The number of carbonyl (C=O) groups excluding carboxylic acids is 1. The molecule has 0 aromatic heterocycles. The van der Waals surface area contributed by atoms with Crippen molar-refractivity contribution in [2.75, 3.05) is 20.8 Å². The molecular formula is C12H16ClNO5S. The number of likely N-dealkylation sites (N-methyl/N-ethyl adjacent to an activating group) is 1. The van der Waals surface area contributed by atoms with Gasteiger partial charge in [0.05, 0.1) is 24.3 Å². The Kier molecular flexibility index (Phi) is 5.52. The first-order chi connectivity index (χ1) is 9.25. The van der Waals surface area contributed by atoms with Crippen LogP contribution in [0, 0.1) is 0 Å². The van der Waals surface area contributed by atoms with Gasteiger partial charge in [0.1, 0.15) is 4.90 Å². The van der Waals surface area contributed by atoms with Crippen LogP contribution in [0.3, 0.4) is 0 Å². The predicted octanol–water partition coefficient (Wildman–Crippen LogP) is 1.13. The second kappa shape index (κ2) is 6.53. The topological polar surface area (TPSA) is 83.9 Å². The summed E-state index contributed by atoms with van der Waals surface area (Å²) in [6, 6.07) is 3.24. The van der Waals surface area contributed by atoms with Crippen LogP contribution in [0.1, 0.15) is 17.3 Å². The monoisotopic (exact) mass is 321 g/mol. The molecule has 8 heteroatoms. The number of methoxy groups -OCH3 is 1. The van der Waals surface area contributed by atoms with Gasteiger partial charge in [-0.1, -0.05) is 11.6 Å². The van der Waals surface area contributed by atoms with E-state index in [4.69, 9.17) is 16.7 Å². The number of esters is 1. The van der Waals surface area contributed by atoms with Gasteiger partial charge >= 0.3 is 5.97 Å². The van der Waals surface area contributed by atoms with Crippen molar-refractivity contribution in [1.29, 1.82) is 0 Å². The highest BCUT2D eigenvalue weighted by Gasteiger charge is 2.28. The van der Waals surface area contributed by atoms with Crippen LogP contribution in [-0.4, -0.2) is 50.6 Å². The molecule has 20 heavy (non-hydrogen) atoms. The number of halogens is 1. The average Bonchev–Trinajstić information content (AvgIpc) is 2.44. The number of nitrogens with zero attached hydrogens (tertiary/aromatic N) is 1. The second-order valence-electron chi connectivity index (χ2n) is 4.19. The summed E-state index contributed by atoms with van der Waals surface area (Å²) in [5, 5.41) is 9.05. The third-order valence-corrected chi connectivity index (χ3v) is 5.35. The summed E-state index contributed by atoms with van der Waals surface area (Å²) in [5.41, 5.74) is 0.0838. The molecule has 0 aliphatic carbocycles. The Morgan fingerprint density at radius 1 is 1.50 bits per heavy atom. The molecule has 1 aromatic rings.